The lowest BCUT2D eigenvalue weighted by atomic mass is 9.97. The molecule has 0 bridgehead atoms. The maximum Gasteiger partial charge on any atom is 0.228 e. The van der Waals surface area contributed by atoms with Crippen molar-refractivity contribution in [1.29, 1.82) is 0 Å². The van der Waals surface area contributed by atoms with Crippen molar-refractivity contribution in [3.05, 3.63) is 54.4 Å². The molecule has 4 rings (SSSR count). The number of benzene rings is 2. The zero-order valence-electron chi connectivity index (χ0n) is 18.0. The first kappa shape index (κ1) is 20.4. The number of fused-ring (bicyclic) bond motifs is 1. The van der Waals surface area contributed by atoms with Crippen LogP contribution in [0.15, 0.2) is 48.5 Å². The van der Waals surface area contributed by atoms with Gasteiger partial charge in [-0.15, -0.1) is 0 Å². The van der Waals surface area contributed by atoms with Gasteiger partial charge < -0.3 is 14.6 Å². The van der Waals surface area contributed by atoms with Crippen LogP contribution in [0.1, 0.15) is 38.6 Å². The first-order chi connectivity index (χ1) is 14.5. The van der Waals surface area contributed by atoms with Gasteiger partial charge in [-0.1, -0.05) is 12.1 Å². The van der Waals surface area contributed by atoms with Crippen LogP contribution < -0.4 is 10.1 Å². The molecule has 2 aromatic carbocycles. The average Bonchev–Trinajstić information content (AvgIpc) is 3.12. The summed E-state index contributed by atoms with van der Waals surface area (Å²) in [6, 6.07) is 16.1. The van der Waals surface area contributed by atoms with Crippen molar-refractivity contribution in [2.24, 2.45) is 5.92 Å². The van der Waals surface area contributed by atoms with E-state index in [0.29, 0.717) is 6.04 Å². The molecular formula is C24H30N4O2. The standard InChI is InChI=1S/C24H30N4O2/c1-17(2)28-22-9-5-4-8-21(22)26-23(28)16-27-14-6-7-18(15-27)24(29)25-19-10-12-20(30-3)13-11-19/h4-5,8-13,17-18H,6-7,14-16H2,1-3H3,(H,25,29)/t18-/m0/s1. The number of nitrogens with zero attached hydrogens (tertiary/aromatic N) is 3. The minimum absolute atomic E-state index is 0.0160. The second kappa shape index (κ2) is 8.88. The zero-order chi connectivity index (χ0) is 21.1. The summed E-state index contributed by atoms with van der Waals surface area (Å²) in [7, 11) is 1.64. The number of nitrogens with one attached hydrogen (secondary N) is 1. The molecule has 158 valence electrons. The topological polar surface area (TPSA) is 59.4 Å². The monoisotopic (exact) mass is 406 g/mol. The van der Waals surface area contributed by atoms with Crippen LogP contribution in [-0.4, -0.2) is 40.6 Å². The molecule has 0 aliphatic carbocycles. The highest BCUT2D eigenvalue weighted by Crippen LogP contribution is 2.25. The van der Waals surface area contributed by atoms with Gasteiger partial charge in [-0.25, -0.2) is 4.98 Å². The summed E-state index contributed by atoms with van der Waals surface area (Å²) in [5.74, 6) is 1.92. The minimum Gasteiger partial charge on any atom is -0.497 e. The van der Waals surface area contributed by atoms with E-state index in [1.54, 1.807) is 7.11 Å². The Morgan fingerprint density at radius 2 is 1.97 bits per heavy atom. The Balaban J connectivity index is 1.44. The minimum atomic E-state index is -0.0160. The molecule has 1 amide bonds. The fraction of sp³-hybridized carbons (Fsp3) is 0.417. The number of aromatic nitrogens is 2. The predicted molar refractivity (Wildman–Crippen MR) is 120 cm³/mol. The number of amides is 1. The van der Waals surface area contributed by atoms with E-state index in [-0.39, 0.29) is 11.8 Å². The van der Waals surface area contributed by atoms with Crippen molar-refractivity contribution in [3.8, 4) is 5.75 Å². The molecule has 0 spiro atoms. The number of likely N-dealkylation sites (tertiary alicyclic amines) is 1. The molecule has 1 aliphatic heterocycles. The molecule has 1 fully saturated rings. The molecule has 0 saturated carbocycles. The van der Waals surface area contributed by atoms with Gasteiger partial charge in [0.05, 0.1) is 30.6 Å². The van der Waals surface area contributed by atoms with Crippen LogP contribution in [0.2, 0.25) is 0 Å². The summed E-state index contributed by atoms with van der Waals surface area (Å²) >= 11 is 0. The third kappa shape index (κ3) is 4.33. The maximum absolute atomic E-state index is 12.8. The Morgan fingerprint density at radius 3 is 2.70 bits per heavy atom. The lowest BCUT2D eigenvalue weighted by molar-refractivity contribution is -0.121. The van der Waals surface area contributed by atoms with E-state index in [4.69, 9.17) is 9.72 Å². The van der Waals surface area contributed by atoms with E-state index in [0.717, 1.165) is 55.3 Å². The van der Waals surface area contributed by atoms with Gasteiger partial charge >= 0.3 is 0 Å². The zero-order valence-corrected chi connectivity index (χ0v) is 18.0. The highest BCUT2D eigenvalue weighted by Gasteiger charge is 2.27. The molecule has 1 saturated heterocycles. The summed E-state index contributed by atoms with van der Waals surface area (Å²) in [6.07, 6.45) is 1.93. The summed E-state index contributed by atoms with van der Waals surface area (Å²) in [4.78, 5) is 20.1. The smallest absolute Gasteiger partial charge is 0.228 e. The van der Waals surface area contributed by atoms with E-state index in [1.165, 1.54) is 5.52 Å². The molecule has 3 aromatic rings. The molecule has 6 nitrogen and oxygen atoms in total. The van der Waals surface area contributed by atoms with Gasteiger partial charge in [0.1, 0.15) is 11.6 Å². The van der Waals surface area contributed by atoms with Crippen molar-refractivity contribution < 1.29 is 9.53 Å². The molecular weight excluding hydrogens is 376 g/mol. The number of methoxy groups -OCH3 is 1. The van der Waals surface area contributed by atoms with Gasteiger partial charge in [0, 0.05) is 18.3 Å². The Bertz CT molecular complexity index is 1010. The van der Waals surface area contributed by atoms with Gasteiger partial charge in [0.15, 0.2) is 0 Å². The quantitative estimate of drug-likeness (QED) is 0.656. The number of ether oxygens (including phenoxy) is 1. The summed E-state index contributed by atoms with van der Waals surface area (Å²) in [6.45, 7) is 6.90. The number of rotatable bonds is 6. The second-order valence-electron chi connectivity index (χ2n) is 8.27. The van der Waals surface area contributed by atoms with E-state index in [9.17, 15) is 4.79 Å². The van der Waals surface area contributed by atoms with Crippen LogP contribution in [0.4, 0.5) is 5.69 Å². The molecule has 2 heterocycles. The normalized spacial score (nSPS) is 17.4. The first-order valence-electron chi connectivity index (χ1n) is 10.7. The Morgan fingerprint density at radius 1 is 1.20 bits per heavy atom. The van der Waals surface area contributed by atoms with Gasteiger partial charge in [0.25, 0.3) is 0 Å². The van der Waals surface area contributed by atoms with Gasteiger partial charge in [-0.05, 0) is 69.6 Å². The van der Waals surface area contributed by atoms with Gasteiger partial charge in [-0.3, -0.25) is 9.69 Å². The van der Waals surface area contributed by atoms with E-state index in [1.807, 2.05) is 30.3 Å². The first-order valence-corrected chi connectivity index (χ1v) is 10.7. The van der Waals surface area contributed by atoms with E-state index >= 15 is 0 Å². The highest BCUT2D eigenvalue weighted by molar-refractivity contribution is 5.92. The molecule has 0 unspecified atom stereocenters. The van der Waals surface area contributed by atoms with Crippen LogP contribution in [-0.2, 0) is 11.3 Å². The Hall–Kier alpha value is -2.86. The number of carbonyl (C=O) groups excluding carboxylic acids is 1. The van der Waals surface area contributed by atoms with Gasteiger partial charge in [0.2, 0.25) is 5.91 Å². The summed E-state index contributed by atoms with van der Waals surface area (Å²) < 4.78 is 7.50. The summed E-state index contributed by atoms with van der Waals surface area (Å²) in [5, 5.41) is 3.06. The third-order valence-corrected chi connectivity index (χ3v) is 5.78. The average molecular weight is 407 g/mol. The largest absolute Gasteiger partial charge is 0.497 e. The fourth-order valence-electron chi connectivity index (χ4n) is 4.31. The molecule has 30 heavy (non-hydrogen) atoms. The van der Waals surface area contributed by atoms with Crippen molar-refractivity contribution in [1.82, 2.24) is 14.5 Å². The predicted octanol–water partition coefficient (Wildman–Crippen LogP) is 4.48. The van der Waals surface area contributed by atoms with Crippen molar-refractivity contribution >= 4 is 22.6 Å². The SMILES string of the molecule is COc1ccc(NC(=O)[C@H]2CCCN(Cc3nc4ccccc4n3C(C)C)C2)cc1. The number of hydrogen-bond acceptors (Lipinski definition) is 4. The van der Waals surface area contributed by atoms with Crippen LogP contribution in [0.3, 0.4) is 0 Å². The van der Waals surface area contributed by atoms with Gasteiger partial charge in [-0.2, -0.15) is 0 Å². The second-order valence-corrected chi connectivity index (χ2v) is 8.27. The summed E-state index contributed by atoms with van der Waals surface area (Å²) in [5.41, 5.74) is 3.01. The number of carbonyl (C=O) groups is 1. The Kier molecular flexibility index (Phi) is 6.04. The molecule has 1 atom stereocenters. The molecule has 1 aromatic heterocycles. The van der Waals surface area contributed by atoms with E-state index < -0.39 is 0 Å². The lowest BCUT2D eigenvalue weighted by Gasteiger charge is -2.32. The molecule has 0 radical (unpaired) electrons. The van der Waals surface area contributed by atoms with Crippen molar-refractivity contribution in [3.63, 3.8) is 0 Å². The van der Waals surface area contributed by atoms with E-state index in [2.05, 4.69) is 46.8 Å². The fourth-order valence-corrected chi connectivity index (χ4v) is 4.31. The maximum atomic E-state index is 12.8. The lowest BCUT2D eigenvalue weighted by Crippen LogP contribution is -2.40. The number of imidazole rings is 1. The number of piperidine rings is 1. The molecule has 1 N–H and O–H groups in total. The number of anilines is 1. The number of hydrogen-bond donors (Lipinski definition) is 1. The van der Waals surface area contributed by atoms with Crippen LogP contribution in [0.25, 0.3) is 11.0 Å². The molecule has 6 heteroatoms. The van der Waals surface area contributed by atoms with Crippen LogP contribution in [0.5, 0.6) is 5.75 Å². The van der Waals surface area contributed by atoms with Crippen molar-refractivity contribution in [2.75, 3.05) is 25.5 Å². The van der Waals surface area contributed by atoms with Crippen LogP contribution in [0, 0.1) is 5.92 Å². The highest BCUT2D eigenvalue weighted by atomic mass is 16.5. The number of para-hydroxylation sites is 2. The van der Waals surface area contributed by atoms with Crippen LogP contribution >= 0.6 is 0 Å². The molecule has 1 aliphatic rings. The van der Waals surface area contributed by atoms with Crippen molar-refractivity contribution in [2.45, 2.75) is 39.3 Å². The Labute approximate surface area is 177 Å². The third-order valence-electron chi connectivity index (χ3n) is 5.78.